The Labute approximate surface area is 142 Å². The summed E-state index contributed by atoms with van der Waals surface area (Å²) in [7, 11) is -3.70. The third-order valence-electron chi connectivity index (χ3n) is 4.31. The first-order valence-corrected chi connectivity index (χ1v) is 9.53. The fourth-order valence-corrected chi connectivity index (χ4v) is 3.81. The van der Waals surface area contributed by atoms with Crippen LogP contribution in [0.4, 0.5) is 0 Å². The number of benzene rings is 1. The van der Waals surface area contributed by atoms with E-state index in [-0.39, 0.29) is 24.0 Å². The first kappa shape index (κ1) is 18.9. The van der Waals surface area contributed by atoms with Crippen LogP contribution in [0.5, 0.6) is 0 Å². The molecule has 0 heterocycles. The predicted octanol–water partition coefficient (Wildman–Crippen LogP) is 2.61. The Morgan fingerprint density at radius 2 is 1.62 bits per heavy atom. The normalized spacial score (nSPS) is 21.5. The molecule has 134 valence electrons. The first-order valence-electron chi connectivity index (χ1n) is 8.12. The molecule has 0 bridgehead atoms. The Balaban J connectivity index is 1.74. The zero-order valence-corrected chi connectivity index (χ0v) is 14.6. The lowest BCUT2D eigenvalue weighted by atomic mass is 9.83. The van der Waals surface area contributed by atoms with E-state index < -0.39 is 16.1 Å². The van der Waals surface area contributed by atoms with Gasteiger partial charge in [0, 0.05) is 0 Å². The topological polar surface area (TPSA) is 89.9 Å². The van der Waals surface area contributed by atoms with Crippen molar-refractivity contribution in [3.8, 4) is 0 Å². The van der Waals surface area contributed by atoms with Gasteiger partial charge < -0.3 is 9.84 Å². The Morgan fingerprint density at radius 1 is 1.08 bits per heavy atom. The van der Waals surface area contributed by atoms with E-state index in [1.54, 1.807) is 24.3 Å². The van der Waals surface area contributed by atoms with Crippen molar-refractivity contribution in [3.63, 3.8) is 0 Å². The van der Waals surface area contributed by atoms with Crippen LogP contribution in [0.2, 0.25) is 0 Å². The number of carboxylic acids is 1. The summed E-state index contributed by atoms with van der Waals surface area (Å²) >= 11 is 0. The molecule has 0 radical (unpaired) electrons. The third kappa shape index (κ3) is 5.89. The average molecular weight is 356 g/mol. The molecule has 1 aromatic carbocycles. The average Bonchev–Trinajstić information content (AvgIpc) is 2.54. The van der Waals surface area contributed by atoms with Crippen molar-refractivity contribution in [1.29, 1.82) is 0 Å². The maximum Gasteiger partial charge on any atom is 0.329 e. The molecule has 0 saturated heterocycles. The number of carbonyl (C=O) groups is 1. The predicted molar refractivity (Wildman–Crippen MR) is 88.2 cm³/mol. The molecule has 1 N–H and O–H groups in total. The van der Waals surface area contributed by atoms with Gasteiger partial charge in [-0.05, 0) is 56.6 Å². The van der Waals surface area contributed by atoms with Crippen LogP contribution in [0.1, 0.15) is 31.2 Å². The largest absolute Gasteiger partial charge is 0.480 e. The molecule has 2 rings (SSSR count). The highest BCUT2D eigenvalue weighted by Crippen LogP contribution is 2.30. The van der Waals surface area contributed by atoms with Gasteiger partial charge in [-0.1, -0.05) is 17.7 Å². The minimum absolute atomic E-state index is 0.184. The number of rotatable bonds is 8. The highest BCUT2D eigenvalue weighted by atomic mass is 32.2. The summed E-state index contributed by atoms with van der Waals surface area (Å²) in [5.74, 6) is -0.409. The second kappa shape index (κ2) is 8.60. The zero-order valence-electron chi connectivity index (χ0n) is 13.8. The van der Waals surface area contributed by atoms with E-state index in [1.165, 1.54) is 0 Å². The van der Waals surface area contributed by atoms with Gasteiger partial charge in [-0.3, -0.25) is 4.18 Å². The van der Waals surface area contributed by atoms with E-state index in [9.17, 15) is 13.2 Å². The van der Waals surface area contributed by atoms with Gasteiger partial charge >= 0.3 is 5.97 Å². The van der Waals surface area contributed by atoms with Crippen LogP contribution >= 0.6 is 0 Å². The standard InChI is InChI=1S/C17H24O6S/c1-13-2-8-16(9-3-13)24(20,21)23-11-15-6-4-14(5-7-15)10-22-12-17(18)19/h2-3,8-9,14-15H,4-7,10-12H2,1H3,(H,18,19)/t14-,15+. The lowest BCUT2D eigenvalue weighted by Gasteiger charge is -2.27. The van der Waals surface area contributed by atoms with Gasteiger partial charge in [0.05, 0.1) is 18.1 Å². The van der Waals surface area contributed by atoms with Crippen molar-refractivity contribution >= 4 is 16.1 Å². The minimum Gasteiger partial charge on any atom is -0.480 e. The Hall–Kier alpha value is -1.44. The third-order valence-corrected chi connectivity index (χ3v) is 5.61. The molecule has 1 aromatic rings. The number of carboxylic acid groups (broad SMARTS) is 1. The van der Waals surface area contributed by atoms with Gasteiger partial charge in [-0.15, -0.1) is 0 Å². The van der Waals surface area contributed by atoms with Gasteiger partial charge in [0.25, 0.3) is 10.1 Å². The summed E-state index contributed by atoms with van der Waals surface area (Å²) < 4.78 is 34.6. The van der Waals surface area contributed by atoms with Crippen molar-refractivity contribution in [2.24, 2.45) is 11.8 Å². The molecule has 0 unspecified atom stereocenters. The van der Waals surface area contributed by atoms with Crippen molar-refractivity contribution in [2.75, 3.05) is 19.8 Å². The first-order chi connectivity index (χ1) is 11.4. The fraction of sp³-hybridized carbons (Fsp3) is 0.588. The summed E-state index contributed by atoms with van der Waals surface area (Å²) in [6, 6.07) is 6.61. The Bertz CT molecular complexity index is 630. The molecule has 6 nitrogen and oxygen atoms in total. The van der Waals surface area contributed by atoms with Gasteiger partial charge in [0.2, 0.25) is 0 Å². The van der Waals surface area contributed by atoms with Crippen LogP contribution in [0.25, 0.3) is 0 Å². The molecule has 0 aliphatic heterocycles. The number of aliphatic carboxylic acids is 1. The van der Waals surface area contributed by atoms with Crippen LogP contribution in [0.3, 0.4) is 0 Å². The maximum absolute atomic E-state index is 12.2. The molecule has 7 heteroatoms. The summed E-state index contributed by atoms with van der Waals surface area (Å²) in [6.45, 7) is 2.27. The minimum atomic E-state index is -3.70. The van der Waals surface area contributed by atoms with Gasteiger partial charge in [0.15, 0.2) is 0 Å². The summed E-state index contributed by atoms with van der Waals surface area (Å²) in [5, 5.41) is 8.54. The SMILES string of the molecule is Cc1ccc(S(=O)(=O)OC[C@H]2CC[C@@H](COCC(=O)O)CC2)cc1. The lowest BCUT2D eigenvalue weighted by Crippen LogP contribution is -2.23. The van der Waals surface area contributed by atoms with Crippen LogP contribution in [0, 0.1) is 18.8 Å². The van der Waals surface area contributed by atoms with E-state index in [0.717, 1.165) is 31.2 Å². The lowest BCUT2D eigenvalue weighted by molar-refractivity contribution is -0.142. The molecule has 1 aliphatic rings. The van der Waals surface area contributed by atoms with E-state index in [1.807, 2.05) is 6.92 Å². The van der Waals surface area contributed by atoms with Gasteiger partial charge in [-0.25, -0.2) is 4.79 Å². The summed E-state index contributed by atoms with van der Waals surface area (Å²) in [5.41, 5.74) is 0.998. The molecule has 1 aliphatic carbocycles. The van der Waals surface area contributed by atoms with Gasteiger partial charge in [-0.2, -0.15) is 8.42 Å². The Morgan fingerprint density at radius 3 is 2.17 bits per heavy atom. The number of ether oxygens (including phenoxy) is 1. The molecule has 0 spiro atoms. The number of hydrogen-bond acceptors (Lipinski definition) is 5. The number of hydrogen-bond donors (Lipinski definition) is 1. The molecular formula is C17H24O6S. The molecule has 1 saturated carbocycles. The van der Waals surface area contributed by atoms with E-state index in [4.69, 9.17) is 14.0 Å². The summed E-state index contributed by atoms with van der Waals surface area (Å²) in [6.07, 6.45) is 3.53. The second-order valence-corrected chi connectivity index (χ2v) is 7.96. The van der Waals surface area contributed by atoms with Gasteiger partial charge in [0.1, 0.15) is 6.61 Å². The van der Waals surface area contributed by atoms with Crippen LogP contribution in [-0.4, -0.2) is 39.3 Å². The molecule has 0 aromatic heterocycles. The Kier molecular flexibility index (Phi) is 6.77. The van der Waals surface area contributed by atoms with Crippen molar-refractivity contribution in [2.45, 2.75) is 37.5 Å². The molecule has 0 amide bonds. The quantitative estimate of drug-likeness (QED) is 0.720. The van der Waals surface area contributed by atoms with E-state index in [2.05, 4.69) is 0 Å². The smallest absolute Gasteiger partial charge is 0.329 e. The molecule has 0 atom stereocenters. The molecule has 24 heavy (non-hydrogen) atoms. The maximum atomic E-state index is 12.2. The van der Waals surface area contributed by atoms with Crippen LogP contribution in [-0.2, 0) is 23.8 Å². The zero-order chi connectivity index (χ0) is 17.6. The molecular weight excluding hydrogens is 332 g/mol. The van der Waals surface area contributed by atoms with Crippen molar-refractivity contribution in [1.82, 2.24) is 0 Å². The van der Waals surface area contributed by atoms with Crippen LogP contribution in [0.15, 0.2) is 29.2 Å². The van der Waals surface area contributed by atoms with E-state index in [0.29, 0.717) is 12.5 Å². The number of aryl methyl sites for hydroxylation is 1. The fourth-order valence-electron chi connectivity index (χ4n) is 2.84. The highest BCUT2D eigenvalue weighted by molar-refractivity contribution is 7.86. The second-order valence-electron chi connectivity index (χ2n) is 6.35. The molecule has 1 fully saturated rings. The highest BCUT2D eigenvalue weighted by Gasteiger charge is 2.24. The van der Waals surface area contributed by atoms with Crippen molar-refractivity contribution < 1.29 is 27.2 Å². The van der Waals surface area contributed by atoms with Crippen molar-refractivity contribution in [3.05, 3.63) is 29.8 Å². The van der Waals surface area contributed by atoms with Crippen LogP contribution < -0.4 is 0 Å². The van der Waals surface area contributed by atoms with E-state index >= 15 is 0 Å². The summed E-state index contributed by atoms with van der Waals surface area (Å²) in [4.78, 5) is 10.6. The monoisotopic (exact) mass is 356 g/mol.